The fourth-order valence-electron chi connectivity index (χ4n) is 0.933. The first kappa shape index (κ1) is 11.8. The van der Waals surface area contributed by atoms with Crippen LogP contribution in [0.4, 0.5) is 13.2 Å². The first-order valence-corrected chi connectivity index (χ1v) is 4.42. The van der Waals surface area contributed by atoms with Gasteiger partial charge in [-0.2, -0.15) is 13.2 Å². The van der Waals surface area contributed by atoms with Gasteiger partial charge in [0.05, 0.1) is 5.56 Å². The predicted octanol–water partition coefficient (Wildman–Crippen LogP) is 3.08. The first-order valence-electron chi connectivity index (χ1n) is 4.42. The number of hydrogen-bond donors (Lipinski definition) is 0. The molecule has 2 nitrogen and oxygen atoms in total. The van der Waals surface area contributed by atoms with Crippen molar-refractivity contribution < 1.29 is 22.6 Å². The molecule has 0 radical (unpaired) electrons. The molecule has 1 rings (SSSR count). The standard InChI is InChI=1S/C10H11F3O2/c1-2-14-7-15-9-5-3-8(4-6-9)10(11,12)13/h3-6H,2,7H2,1H3. The quantitative estimate of drug-likeness (QED) is 0.573. The monoisotopic (exact) mass is 220 g/mol. The minimum absolute atomic E-state index is 0.0435. The zero-order valence-corrected chi connectivity index (χ0v) is 8.17. The Morgan fingerprint density at radius 1 is 1.13 bits per heavy atom. The topological polar surface area (TPSA) is 18.5 Å². The van der Waals surface area contributed by atoms with Crippen LogP contribution in [0.1, 0.15) is 12.5 Å². The summed E-state index contributed by atoms with van der Waals surface area (Å²) in [4.78, 5) is 0. The van der Waals surface area contributed by atoms with E-state index in [1.165, 1.54) is 12.1 Å². The summed E-state index contributed by atoms with van der Waals surface area (Å²) in [6.45, 7) is 2.35. The zero-order valence-electron chi connectivity index (χ0n) is 8.17. The summed E-state index contributed by atoms with van der Waals surface area (Å²) in [5.74, 6) is 0.358. The van der Waals surface area contributed by atoms with Gasteiger partial charge >= 0.3 is 6.18 Å². The van der Waals surface area contributed by atoms with E-state index >= 15 is 0 Å². The van der Waals surface area contributed by atoms with Crippen LogP contribution >= 0.6 is 0 Å². The van der Waals surface area contributed by atoms with Gasteiger partial charge in [-0.1, -0.05) is 0 Å². The average molecular weight is 220 g/mol. The van der Waals surface area contributed by atoms with Gasteiger partial charge in [-0.15, -0.1) is 0 Å². The van der Waals surface area contributed by atoms with Gasteiger partial charge in [0.15, 0.2) is 6.79 Å². The highest BCUT2D eigenvalue weighted by atomic mass is 19.4. The highest BCUT2D eigenvalue weighted by molar-refractivity contribution is 5.28. The summed E-state index contributed by atoms with van der Waals surface area (Å²) in [6, 6.07) is 4.48. The number of alkyl halides is 3. The third-order valence-corrected chi connectivity index (χ3v) is 1.69. The Balaban J connectivity index is 2.57. The Bertz CT molecular complexity index is 293. The Labute approximate surface area is 85.6 Å². The van der Waals surface area contributed by atoms with Crippen LogP contribution in [-0.2, 0) is 10.9 Å². The van der Waals surface area contributed by atoms with Crippen molar-refractivity contribution in [1.82, 2.24) is 0 Å². The summed E-state index contributed by atoms with van der Waals surface area (Å²) >= 11 is 0. The van der Waals surface area contributed by atoms with Gasteiger partial charge in [-0.05, 0) is 31.2 Å². The van der Waals surface area contributed by atoms with E-state index in [1.54, 1.807) is 6.92 Å². The SMILES string of the molecule is CCOCOc1ccc(C(F)(F)F)cc1. The lowest BCUT2D eigenvalue weighted by atomic mass is 10.2. The number of halogens is 3. The molecule has 0 aliphatic rings. The summed E-state index contributed by atoms with van der Waals surface area (Å²) in [5, 5.41) is 0. The van der Waals surface area contributed by atoms with Crippen molar-refractivity contribution in [2.45, 2.75) is 13.1 Å². The molecule has 0 aromatic heterocycles. The van der Waals surface area contributed by atoms with Crippen LogP contribution in [0.3, 0.4) is 0 Å². The van der Waals surface area contributed by atoms with Crippen LogP contribution in [0.2, 0.25) is 0 Å². The van der Waals surface area contributed by atoms with Gasteiger partial charge in [-0.3, -0.25) is 0 Å². The van der Waals surface area contributed by atoms with E-state index < -0.39 is 11.7 Å². The van der Waals surface area contributed by atoms with Crippen molar-refractivity contribution in [1.29, 1.82) is 0 Å². The van der Waals surface area contributed by atoms with Gasteiger partial charge < -0.3 is 9.47 Å². The van der Waals surface area contributed by atoms with Gasteiger partial charge in [0, 0.05) is 6.61 Å². The maximum Gasteiger partial charge on any atom is 0.416 e. The second-order valence-corrected chi connectivity index (χ2v) is 2.78. The maximum atomic E-state index is 12.2. The summed E-state index contributed by atoms with van der Waals surface area (Å²) in [6.07, 6.45) is -4.31. The molecule has 0 aliphatic carbocycles. The molecule has 1 aromatic carbocycles. The Kier molecular flexibility index (Phi) is 3.96. The molecule has 1 aromatic rings. The van der Waals surface area contributed by atoms with Gasteiger partial charge in [0.1, 0.15) is 5.75 Å². The number of benzene rings is 1. The molecule has 0 amide bonds. The summed E-state index contributed by atoms with van der Waals surface area (Å²) < 4.78 is 46.4. The van der Waals surface area contributed by atoms with Gasteiger partial charge in [0.2, 0.25) is 0 Å². The predicted molar refractivity (Wildman–Crippen MR) is 48.6 cm³/mol. The maximum absolute atomic E-state index is 12.2. The third-order valence-electron chi connectivity index (χ3n) is 1.69. The molecule has 0 unspecified atom stereocenters. The molecule has 0 bridgehead atoms. The average Bonchev–Trinajstić information content (AvgIpc) is 2.18. The van der Waals surface area contributed by atoms with E-state index in [2.05, 4.69) is 0 Å². The van der Waals surface area contributed by atoms with Crippen LogP contribution in [-0.4, -0.2) is 13.4 Å². The van der Waals surface area contributed by atoms with Crippen molar-refractivity contribution in [3.05, 3.63) is 29.8 Å². The van der Waals surface area contributed by atoms with Crippen LogP contribution < -0.4 is 4.74 Å². The van der Waals surface area contributed by atoms with Crippen LogP contribution in [0.5, 0.6) is 5.75 Å². The smallest absolute Gasteiger partial charge is 0.416 e. The van der Waals surface area contributed by atoms with E-state index in [0.717, 1.165) is 12.1 Å². The lowest BCUT2D eigenvalue weighted by molar-refractivity contribution is -0.137. The van der Waals surface area contributed by atoms with E-state index in [4.69, 9.17) is 9.47 Å². The van der Waals surface area contributed by atoms with Crippen LogP contribution in [0.15, 0.2) is 24.3 Å². The molecular formula is C10H11F3O2. The normalized spacial score (nSPS) is 11.5. The zero-order chi connectivity index (χ0) is 11.3. The highest BCUT2D eigenvalue weighted by Gasteiger charge is 2.29. The second kappa shape index (κ2) is 5.02. The van der Waals surface area contributed by atoms with Crippen molar-refractivity contribution in [3.8, 4) is 5.75 Å². The van der Waals surface area contributed by atoms with Gasteiger partial charge in [0.25, 0.3) is 0 Å². The van der Waals surface area contributed by atoms with Crippen molar-refractivity contribution in [3.63, 3.8) is 0 Å². The lowest BCUT2D eigenvalue weighted by Crippen LogP contribution is -2.05. The van der Waals surface area contributed by atoms with Crippen molar-refractivity contribution in [2.75, 3.05) is 13.4 Å². The molecule has 0 fully saturated rings. The first-order chi connectivity index (χ1) is 7.04. The van der Waals surface area contributed by atoms with E-state index in [9.17, 15) is 13.2 Å². The summed E-state index contributed by atoms with van der Waals surface area (Å²) in [5.41, 5.74) is -0.689. The molecule has 15 heavy (non-hydrogen) atoms. The Morgan fingerprint density at radius 3 is 2.20 bits per heavy atom. The molecule has 0 saturated heterocycles. The van der Waals surface area contributed by atoms with E-state index in [-0.39, 0.29) is 6.79 Å². The van der Waals surface area contributed by atoms with Gasteiger partial charge in [-0.25, -0.2) is 0 Å². The number of rotatable bonds is 4. The lowest BCUT2D eigenvalue weighted by Gasteiger charge is -2.08. The minimum Gasteiger partial charge on any atom is -0.468 e. The molecule has 84 valence electrons. The van der Waals surface area contributed by atoms with Crippen LogP contribution in [0.25, 0.3) is 0 Å². The van der Waals surface area contributed by atoms with Crippen molar-refractivity contribution >= 4 is 0 Å². The minimum atomic E-state index is -4.31. The largest absolute Gasteiger partial charge is 0.468 e. The number of ether oxygens (including phenoxy) is 2. The molecular weight excluding hydrogens is 209 g/mol. The molecule has 5 heteroatoms. The Hall–Kier alpha value is -1.23. The molecule has 0 heterocycles. The van der Waals surface area contributed by atoms with Crippen molar-refractivity contribution in [2.24, 2.45) is 0 Å². The second-order valence-electron chi connectivity index (χ2n) is 2.78. The molecule has 0 saturated carbocycles. The van der Waals surface area contributed by atoms with Crippen LogP contribution in [0, 0.1) is 0 Å². The number of hydrogen-bond acceptors (Lipinski definition) is 2. The molecule has 0 spiro atoms. The highest BCUT2D eigenvalue weighted by Crippen LogP contribution is 2.30. The summed E-state index contributed by atoms with van der Waals surface area (Å²) in [7, 11) is 0. The third kappa shape index (κ3) is 3.79. The van der Waals surface area contributed by atoms with E-state index in [0.29, 0.717) is 12.4 Å². The Morgan fingerprint density at radius 2 is 1.73 bits per heavy atom. The molecule has 0 atom stereocenters. The fourth-order valence-corrected chi connectivity index (χ4v) is 0.933. The fraction of sp³-hybridized carbons (Fsp3) is 0.400. The van der Waals surface area contributed by atoms with E-state index in [1.807, 2.05) is 0 Å². The molecule has 0 N–H and O–H groups in total. The molecule has 0 aliphatic heterocycles.